The Morgan fingerprint density at radius 2 is 2.07 bits per heavy atom. The van der Waals surface area contributed by atoms with E-state index in [2.05, 4.69) is 36.5 Å². The van der Waals surface area contributed by atoms with Gasteiger partial charge in [-0.2, -0.15) is 0 Å². The molecule has 14 heavy (non-hydrogen) atoms. The van der Waals surface area contributed by atoms with Gasteiger partial charge >= 0.3 is 0 Å². The molecule has 1 fully saturated rings. The highest BCUT2D eigenvalue weighted by atomic mass is 15.0. The van der Waals surface area contributed by atoms with Crippen molar-refractivity contribution in [2.75, 3.05) is 0 Å². The molecular formula is C13H19N. The van der Waals surface area contributed by atoms with Crippen LogP contribution in [0.4, 0.5) is 0 Å². The number of fused-ring (bicyclic) bond motifs is 3. The van der Waals surface area contributed by atoms with E-state index in [-0.39, 0.29) is 0 Å². The lowest BCUT2D eigenvalue weighted by Gasteiger charge is -2.37. The fraction of sp³-hybridized carbons (Fsp3) is 0.692. The van der Waals surface area contributed by atoms with Crippen molar-refractivity contribution in [3.8, 4) is 0 Å². The van der Waals surface area contributed by atoms with Gasteiger partial charge in [0.1, 0.15) is 0 Å². The van der Waals surface area contributed by atoms with Crippen LogP contribution in [-0.2, 0) is 0 Å². The minimum absolute atomic E-state index is 0.438. The molecule has 1 heteroatoms. The highest BCUT2D eigenvalue weighted by Gasteiger charge is 2.49. The Labute approximate surface area is 86.3 Å². The second-order valence-electron chi connectivity index (χ2n) is 5.20. The van der Waals surface area contributed by atoms with Crippen LogP contribution in [0, 0.1) is 11.3 Å². The molecule has 0 aromatic heterocycles. The maximum atomic E-state index is 3.80. The van der Waals surface area contributed by atoms with Gasteiger partial charge in [-0.1, -0.05) is 31.2 Å². The van der Waals surface area contributed by atoms with E-state index in [4.69, 9.17) is 0 Å². The number of rotatable bonds is 0. The molecule has 1 N–H and O–H groups in total. The molecule has 1 heterocycles. The predicted molar refractivity (Wildman–Crippen MR) is 59.1 cm³/mol. The molecule has 3 rings (SSSR count). The van der Waals surface area contributed by atoms with Crippen molar-refractivity contribution in [1.29, 1.82) is 0 Å². The Hall–Kier alpha value is -0.560. The van der Waals surface area contributed by atoms with E-state index < -0.39 is 0 Å². The minimum Gasteiger partial charge on any atom is -0.307 e. The fourth-order valence-corrected chi connectivity index (χ4v) is 3.61. The van der Waals surface area contributed by atoms with Crippen molar-refractivity contribution in [2.24, 2.45) is 11.3 Å². The van der Waals surface area contributed by atoms with E-state index in [1.54, 1.807) is 0 Å². The maximum absolute atomic E-state index is 3.80. The first-order chi connectivity index (χ1) is 6.81. The molecule has 2 aliphatic carbocycles. The second kappa shape index (κ2) is 2.96. The van der Waals surface area contributed by atoms with Crippen LogP contribution in [0.25, 0.3) is 0 Å². The molecule has 1 aliphatic heterocycles. The predicted octanol–water partition coefficient (Wildman–Crippen LogP) is 2.65. The third kappa shape index (κ3) is 1.05. The Morgan fingerprint density at radius 1 is 1.21 bits per heavy atom. The Kier molecular flexibility index (Phi) is 1.85. The molecule has 1 saturated heterocycles. The van der Waals surface area contributed by atoms with Crippen molar-refractivity contribution in [3.63, 3.8) is 0 Å². The summed E-state index contributed by atoms with van der Waals surface area (Å²) in [5, 5.41) is 3.80. The van der Waals surface area contributed by atoms with Gasteiger partial charge < -0.3 is 5.32 Å². The van der Waals surface area contributed by atoms with Crippen LogP contribution in [0.5, 0.6) is 0 Å². The lowest BCUT2D eigenvalue weighted by molar-refractivity contribution is 0.238. The van der Waals surface area contributed by atoms with Crippen molar-refractivity contribution < 1.29 is 0 Å². The highest BCUT2D eigenvalue weighted by molar-refractivity contribution is 5.22. The number of nitrogens with one attached hydrogen (secondary N) is 1. The third-order valence-electron chi connectivity index (χ3n) is 4.46. The number of hydrogen-bond donors (Lipinski definition) is 1. The molecule has 0 aromatic rings. The lowest BCUT2D eigenvalue weighted by Crippen LogP contribution is -2.37. The monoisotopic (exact) mass is 189 g/mol. The van der Waals surface area contributed by atoms with Crippen LogP contribution in [-0.4, -0.2) is 12.1 Å². The van der Waals surface area contributed by atoms with Gasteiger partial charge in [0.15, 0.2) is 0 Å². The first-order valence-corrected chi connectivity index (χ1v) is 5.91. The summed E-state index contributed by atoms with van der Waals surface area (Å²) >= 11 is 0. The van der Waals surface area contributed by atoms with E-state index in [0.29, 0.717) is 11.5 Å². The summed E-state index contributed by atoms with van der Waals surface area (Å²) in [4.78, 5) is 0. The summed E-state index contributed by atoms with van der Waals surface area (Å²) < 4.78 is 0. The lowest BCUT2D eigenvalue weighted by atomic mass is 9.67. The molecule has 3 aliphatic rings. The van der Waals surface area contributed by atoms with Gasteiger partial charge in [-0.3, -0.25) is 0 Å². The quantitative estimate of drug-likeness (QED) is 0.578. The largest absolute Gasteiger partial charge is 0.307 e. The highest BCUT2D eigenvalue weighted by Crippen LogP contribution is 2.48. The minimum atomic E-state index is 0.438. The zero-order valence-electron chi connectivity index (χ0n) is 8.87. The van der Waals surface area contributed by atoms with Crippen molar-refractivity contribution in [3.05, 3.63) is 24.3 Å². The van der Waals surface area contributed by atoms with E-state index in [0.717, 1.165) is 12.0 Å². The molecule has 0 bridgehead atoms. The first-order valence-electron chi connectivity index (χ1n) is 5.91. The SMILES string of the molecule is CC12C=CCCC1NC1C=CCCC12. The van der Waals surface area contributed by atoms with Gasteiger partial charge in [0, 0.05) is 17.5 Å². The molecule has 76 valence electrons. The van der Waals surface area contributed by atoms with Crippen molar-refractivity contribution in [2.45, 2.75) is 44.7 Å². The summed E-state index contributed by atoms with van der Waals surface area (Å²) in [5.74, 6) is 0.842. The van der Waals surface area contributed by atoms with Crippen LogP contribution in [0.15, 0.2) is 24.3 Å². The average molecular weight is 189 g/mol. The molecule has 0 saturated carbocycles. The topological polar surface area (TPSA) is 12.0 Å². The molecule has 0 spiro atoms. The van der Waals surface area contributed by atoms with Gasteiger partial charge in [-0.15, -0.1) is 0 Å². The molecule has 4 unspecified atom stereocenters. The van der Waals surface area contributed by atoms with Crippen LogP contribution < -0.4 is 5.32 Å². The Balaban J connectivity index is 1.97. The summed E-state index contributed by atoms with van der Waals surface area (Å²) in [6.07, 6.45) is 14.8. The van der Waals surface area contributed by atoms with E-state index >= 15 is 0 Å². The summed E-state index contributed by atoms with van der Waals surface area (Å²) in [5.41, 5.74) is 0.438. The fourth-order valence-electron chi connectivity index (χ4n) is 3.61. The van der Waals surface area contributed by atoms with Gasteiger partial charge in [-0.25, -0.2) is 0 Å². The van der Waals surface area contributed by atoms with Crippen LogP contribution >= 0.6 is 0 Å². The maximum Gasteiger partial charge on any atom is 0.0290 e. The van der Waals surface area contributed by atoms with Crippen molar-refractivity contribution >= 4 is 0 Å². The van der Waals surface area contributed by atoms with E-state index in [1.165, 1.54) is 25.7 Å². The second-order valence-corrected chi connectivity index (χ2v) is 5.20. The Morgan fingerprint density at radius 3 is 3.00 bits per heavy atom. The molecule has 0 amide bonds. The normalized spacial score (nSPS) is 50.2. The van der Waals surface area contributed by atoms with Gasteiger partial charge in [0.05, 0.1) is 0 Å². The van der Waals surface area contributed by atoms with Crippen LogP contribution in [0.1, 0.15) is 32.6 Å². The molecular weight excluding hydrogens is 170 g/mol. The third-order valence-corrected chi connectivity index (χ3v) is 4.46. The zero-order chi connectivity index (χ0) is 9.60. The smallest absolute Gasteiger partial charge is 0.0290 e. The van der Waals surface area contributed by atoms with Gasteiger partial charge in [0.2, 0.25) is 0 Å². The Bertz CT molecular complexity index is 292. The van der Waals surface area contributed by atoms with Crippen LogP contribution in [0.2, 0.25) is 0 Å². The summed E-state index contributed by atoms with van der Waals surface area (Å²) in [6.45, 7) is 2.45. The van der Waals surface area contributed by atoms with Crippen molar-refractivity contribution in [1.82, 2.24) is 5.32 Å². The van der Waals surface area contributed by atoms with Gasteiger partial charge in [0.25, 0.3) is 0 Å². The zero-order valence-corrected chi connectivity index (χ0v) is 8.87. The summed E-state index contributed by atoms with van der Waals surface area (Å²) in [6, 6.07) is 1.38. The number of hydrogen-bond acceptors (Lipinski definition) is 1. The molecule has 1 nitrogen and oxygen atoms in total. The average Bonchev–Trinajstić information content (AvgIpc) is 2.51. The van der Waals surface area contributed by atoms with E-state index in [1.807, 2.05) is 0 Å². The molecule has 0 aromatic carbocycles. The van der Waals surface area contributed by atoms with Crippen LogP contribution in [0.3, 0.4) is 0 Å². The standard InChI is InChI=1S/C13H19N/c1-13-9-5-4-8-12(13)14-11-7-3-2-6-10(11)13/h3,5,7,9-12,14H,2,4,6,8H2,1H3. The first kappa shape index (κ1) is 8.72. The summed E-state index contributed by atoms with van der Waals surface area (Å²) in [7, 11) is 0. The molecule has 4 atom stereocenters. The van der Waals surface area contributed by atoms with E-state index in [9.17, 15) is 0 Å². The number of allylic oxidation sites excluding steroid dienone is 2. The van der Waals surface area contributed by atoms with Gasteiger partial charge in [-0.05, 0) is 31.6 Å². The molecule has 0 radical (unpaired) electrons.